The zero-order chi connectivity index (χ0) is 15.3. The van der Waals surface area contributed by atoms with E-state index < -0.39 is 9.84 Å². The first-order valence-electron chi connectivity index (χ1n) is 6.65. The Morgan fingerprint density at radius 1 is 1.10 bits per heavy atom. The molecular weight excluding hydrogens is 274 g/mol. The molecule has 0 aromatic heterocycles. The molecule has 0 heterocycles. The highest BCUT2D eigenvalue weighted by atomic mass is 32.2. The smallest absolute Gasteiger partial charge is 0.164 e. The van der Waals surface area contributed by atoms with Crippen LogP contribution in [0, 0.1) is 13.8 Å². The number of nitrogens with zero attached hydrogens (tertiary/aromatic N) is 1. The molecule has 0 amide bonds. The SMILES string of the molecule is Cc1cc(C)cc(C(=O)CCN(C)CCS(C)(=O)=O)c1. The third-order valence-corrected chi connectivity index (χ3v) is 4.03. The molecule has 0 aliphatic heterocycles. The average Bonchev–Trinajstić information content (AvgIpc) is 2.31. The van der Waals surface area contributed by atoms with Crippen molar-refractivity contribution in [2.45, 2.75) is 20.3 Å². The van der Waals surface area contributed by atoms with E-state index in [4.69, 9.17) is 0 Å². The standard InChI is InChI=1S/C15H23NO3S/c1-12-9-13(2)11-14(10-12)15(17)5-6-16(3)7-8-20(4,18)19/h9-11H,5-8H2,1-4H3. The van der Waals surface area contributed by atoms with E-state index in [0.717, 1.165) is 16.7 Å². The predicted molar refractivity (Wildman–Crippen MR) is 82.1 cm³/mol. The molecule has 0 atom stereocenters. The fourth-order valence-corrected chi connectivity index (χ4v) is 2.65. The van der Waals surface area contributed by atoms with Crippen LogP contribution in [-0.2, 0) is 9.84 Å². The van der Waals surface area contributed by atoms with Gasteiger partial charge in [0.2, 0.25) is 0 Å². The lowest BCUT2D eigenvalue weighted by atomic mass is 10.0. The highest BCUT2D eigenvalue weighted by Gasteiger charge is 2.10. The number of aryl methyl sites for hydroxylation is 2. The Hall–Kier alpha value is -1.20. The number of hydrogen-bond donors (Lipinski definition) is 0. The van der Waals surface area contributed by atoms with Crippen molar-refractivity contribution in [1.29, 1.82) is 0 Å². The number of carbonyl (C=O) groups excluding carboxylic acids is 1. The quantitative estimate of drug-likeness (QED) is 0.721. The lowest BCUT2D eigenvalue weighted by molar-refractivity contribution is 0.0970. The van der Waals surface area contributed by atoms with Gasteiger partial charge >= 0.3 is 0 Å². The van der Waals surface area contributed by atoms with Gasteiger partial charge in [-0.2, -0.15) is 0 Å². The van der Waals surface area contributed by atoms with Crippen molar-refractivity contribution < 1.29 is 13.2 Å². The van der Waals surface area contributed by atoms with Crippen molar-refractivity contribution in [3.05, 3.63) is 34.9 Å². The fraction of sp³-hybridized carbons (Fsp3) is 0.533. The van der Waals surface area contributed by atoms with Gasteiger partial charge in [-0.25, -0.2) is 8.42 Å². The second-order valence-electron chi connectivity index (χ2n) is 5.48. The largest absolute Gasteiger partial charge is 0.305 e. The Bertz CT molecular complexity index is 559. The minimum atomic E-state index is -2.95. The van der Waals surface area contributed by atoms with E-state index >= 15 is 0 Å². The summed E-state index contributed by atoms with van der Waals surface area (Å²) in [6.45, 7) is 4.98. The zero-order valence-corrected chi connectivity index (χ0v) is 13.5. The van der Waals surface area contributed by atoms with Crippen LogP contribution in [-0.4, -0.2) is 51.2 Å². The Kier molecular flexibility index (Phi) is 5.89. The van der Waals surface area contributed by atoms with Crippen LogP contribution in [0.25, 0.3) is 0 Å². The van der Waals surface area contributed by atoms with Crippen LogP contribution in [0.2, 0.25) is 0 Å². The fourth-order valence-electron chi connectivity index (χ4n) is 2.01. The molecule has 112 valence electrons. The third-order valence-electron chi connectivity index (χ3n) is 3.11. The molecule has 5 heteroatoms. The van der Waals surface area contributed by atoms with Crippen LogP contribution < -0.4 is 0 Å². The van der Waals surface area contributed by atoms with Crippen molar-refractivity contribution in [2.24, 2.45) is 0 Å². The minimum Gasteiger partial charge on any atom is -0.305 e. The molecule has 4 nitrogen and oxygen atoms in total. The molecule has 0 saturated carbocycles. The molecule has 0 bridgehead atoms. The average molecular weight is 297 g/mol. The number of Topliss-reactive ketones (excluding diaryl/α,β-unsaturated/α-hetero) is 1. The van der Waals surface area contributed by atoms with Gasteiger partial charge in [0.1, 0.15) is 9.84 Å². The van der Waals surface area contributed by atoms with Gasteiger partial charge in [-0.1, -0.05) is 17.2 Å². The summed E-state index contributed by atoms with van der Waals surface area (Å²) in [4.78, 5) is 14.0. The Balaban J connectivity index is 2.50. The molecule has 0 unspecified atom stereocenters. The number of rotatable bonds is 7. The van der Waals surface area contributed by atoms with Crippen LogP contribution in [0.5, 0.6) is 0 Å². The molecule has 0 fully saturated rings. The topological polar surface area (TPSA) is 54.5 Å². The molecule has 20 heavy (non-hydrogen) atoms. The highest BCUT2D eigenvalue weighted by Crippen LogP contribution is 2.11. The maximum absolute atomic E-state index is 12.1. The number of carbonyl (C=O) groups is 1. The predicted octanol–water partition coefficient (Wildman–Crippen LogP) is 1.85. The summed E-state index contributed by atoms with van der Waals surface area (Å²) < 4.78 is 22.2. The number of hydrogen-bond acceptors (Lipinski definition) is 4. The summed E-state index contributed by atoms with van der Waals surface area (Å²) in [6.07, 6.45) is 1.63. The molecule has 1 rings (SSSR count). The Morgan fingerprint density at radius 3 is 2.15 bits per heavy atom. The van der Waals surface area contributed by atoms with Gasteiger partial charge in [-0.05, 0) is 33.0 Å². The minimum absolute atomic E-state index is 0.100. The summed E-state index contributed by atoms with van der Waals surface area (Å²) in [7, 11) is -1.11. The van der Waals surface area contributed by atoms with E-state index in [1.54, 1.807) is 0 Å². The first kappa shape index (κ1) is 16.9. The van der Waals surface area contributed by atoms with Crippen LogP contribution in [0.4, 0.5) is 0 Å². The summed E-state index contributed by atoms with van der Waals surface area (Å²) in [5, 5.41) is 0. The monoisotopic (exact) mass is 297 g/mol. The Morgan fingerprint density at radius 2 is 1.65 bits per heavy atom. The molecule has 0 N–H and O–H groups in total. The van der Waals surface area contributed by atoms with E-state index in [1.165, 1.54) is 6.26 Å². The lowest BCUT2D eigenvalue weighted by Gasteiger charge is -2.15. The van der Waals surface area contributed by atoms with Gasteiger partial charge in [0.05, 0.1) is 5.75 Å². The normalized spacial score (nSPS) is 11.8. The molecule has 0 aliphatic rings. The van der Waals surface area contributed by atoms with Crippen molar-refractivity contribution >= 4 is 15.6 Å². The Labute approximate surface area is 121 Å². The maximum atomic E-state index is 12.1. The van der Waals surface area contributed by atoms with Crippen LogP contribution in [0.15, 0.2) is 18.2 Å². The lowest BCUT2D eigenvalue weighted by Crippen LogP contribution is -2.27. The van der Waals surface area contributed by atoms with Crippen molar-refractivity contribution in [3.8, 4) is 0 Å². The number of sulfone groups is 1. The molecule has 0 saturated heterocycles. The first-order chi connectivity index (χ1) is 9.17. The van der Waals surface area contributed by atoms with Gasteiger partial charge in [0.15, 0.2) is 5.78 Å². The molecule has 1 aromatic rings. The third kappa shape index (κ3) is 6.30. The molecule has 0 radical (unpaired) electrons. The van der Waals surface area contributed by atoms with Gasteiger partial charge in [0, 0.05) is 31.3 Å². The molecule has 1 aromatic carbocycles. The van der Waals surface area contributed by atoms with Crippen LogP contribution in [0.1, 0.15) is 27.9 Å². The van der Waals surface area contributed by atoms with Crippen molar-refractivity contribution in [2.75, 3.05) is 32.1 Å². The van der Waals surface area contributed by atoms with E-state index in [-0.39, 0.29) is 11.5 Å². The second kappa shape index (κ2) is 6.99. The van der Waals surface area contributed by atoms with E-state index in [1.807, 2.05) is 44.0 Å². The van der Waals surface area contributed by atoms with E-state index in [9.17, 15) is 13.2 Å². The first-order valence-corrected chi connectivity index (χ1v) is 8.71. The van der Waals surface area contributed by atoms with Crippen LogP contribution >= 0.6 is 0 Å². The molecule has 0 aliphatic carbocycles. The highest BCUT2D eigenvalue weighted by molar-refractivity contribution is 7.90. The number of benzene rings is 1. The summed E-state index contributed by atoms with van der Waals surface area (Å²) in [6, 6.07) is 5.83. The summed E-state index contributed by atoms with van der Waals surface area (Å²) in [5.41, 5.74) is 2.90. The van der Waals surface area contributed by atoms with E-state index in [0.29, 0.717) is 19.5 Å². The second-order valence-corrected chi connectivity index (χ2v) is 7.74. The van der Waals surface area contributed by atoms with Gasteiger partial charge in [-0.3, -0.25) is 4.79 Å². The van der Waals surface area contributed by atoms with Gasteiger partial charge in [-0.15, -0.1) is 0 Å². The van der Waals surface area contributed by atoms with Gasteiger partial charge in [0.25, 0.3) is 0 Å². The summed E-state index contributed by atoms with van der Waals surface area (Å²) in [5.74, 6) is 0.226. The van der Waals surface area contributed by atoms with Crippen LogP contribution in [0.3, 0.4) is 0 Å². The summed E-state index contributed by atoms with van der Waals surface area (Å²) >= 11 is 0. The van der Waals surface area contributed by atoms with E-state index in [2.05, 4.69) is 0 Å². The number of ketones is 1. The zero-order valence-electron chi connectivity index (χ0n) is 12.6. The molecular formula is C15H23NO3S. The maximum Gasteiger partial charge on any atom is 0.164 e. The van der Waals surface area contributed by atoms with Crippen molar-refractivity contribution in [1.82, 2.24) is 4.90 Å². The van der Waals surface area contributed by atoms with Gasteiger partial charge < -0.3 is 4.90 Å². The van der Waals surface area contributed by atoms with Crippen molar-refractivity contribution in [3.63, 3.8) is 0 Å². The molecule has 0 spiro atoms.